The molecule has 26 heavy (non-hydrogen) atoms. The molecule has 5 nitrogen and oxygen atoms in total. The lowest BCUT2D eigenvalue weighted by atomic mass is 10.2. The Bertz CT molecular complexity index is 733. The van der Waals surface area contributed by atoms with E-state index in [0.717, 1.165) is 11.3 Å². The first-order valence-corrected chi connectivity index (χ1v) is 9.88. The second kappa shape index (κ2) is 9.92. The molecule has 1 aromatic heterocycles. The van der Waals surface area contributed by atoms with Crippen LogP contribution in [0.4, 0.5) is 5.69 Å². The monoisotopic (exact) mass is 414 g/mol. The summed E-state index contributed by atoms with van der Waals surface area (Å²) in [4.78, 5) is 26.5. The van der Waals surface area contributed by atoms with Gasteiger partial charge in [0.2, 0.25) is 0 Å². The van der Waals surface area contributed by atoms with Crippen LogP contribution in [0.5, 0.6) is 0 Å². The number of benzene rings is 1. The van der Waals surface area contributed by atoms with Gasteiger partial charge in [0, 0.05) is 11.4 Å². The number of hydrogen-bond donors (Lipinski definition) is 3. The summed E-state index contributed by atoms with van der Waals surface area (Å²) in [6.45, 7) is 2.50. The van der Waals surface area contributed by atoms with Gasteiger partial charge < -0.3 is 15.5 Å². The average molecular weight is 415 g/mol. The molecule has 3 N–H and O–H groups in total. The van der Waals surface area contributed by atoms with E-state index in [1.807, 2.05) is 17.5 Å². The van der Waals surface area contributed by atoms with Gasteiger partial charge in [-0.25, -0.2) is 0 Å². The number of hydrogen-bond acceptors (Lipinski definition) is 3. The Labute approximate surface area is 167 Å². The predicted molar refractivity (Wildman–Crippen MR) is 107 cm³/mol. The van der Waals surface area contributed by atoms with Gasteiger partial charge in [0.05, 0.1) is 22.8 Å². The molecule has 2 amide bonds. The summed E-state index contributed by atoms with van der Waals surface area (Å²) in [5.41, 5.74) is 0.390. The summed E-state index contributed by atoms with van der Waals surface area (Å²) in [6, 6.07) is 8.70. The number of anilines is 1. The Morgan fingerprint density at radius 2 is 1.88 bits per heavy atom. The van der Waals surface area contributed by atoms with Crippen LogP contribution >= 0.6 is 34.5 Å². The number of amides is 2. The van der Waals surface area contributed by atoms with Crippen molar-refractivity contribution >= 4 is 52.0 Å². The first-order valence-electron chi connectivity index (χ1n) is 8.24. The van der Waals surface area contributed by atoms with E-state index in [2.05, 4.69) is 10.6 Å². The Hall–Kier alpha value is -1.60. The van der Waals surface area contributed by atoms with Crippen LogP contribution < -0.4 is 15.5 Å². The van der Waals surface area contributed by atoms with Gasteiger partial charge in [0.1, 0.15) is 0 Å². The molecule has 0 aliphatic heterocycles. The maximum atomic E-state index is 12.3. The van der Waals surface area contributed by atoms with Crippen molar-refractivity contribution in [2.75, 3.05) is 25.5 Å². The molecule has 0 bridgehead atoms. The molecule has 8 heteroatoms. The van der Waals surface area contributed by atoms with Crippen LogP contribution in [-0.2, 0) is 16.0 Å². The number of para-hydroxylation sites is 1. The van der Waals surface area contributed by atoms with E-state index in [9.17, 15) is 9.59 Å². The van der Waals surface area contributed by atoms with E-state index < -0.39 is 0 Å². The zero-order valence-electron chi connectivity index (χ0n) is 14.6. The van der Waals surface area contributed by atoms with E-state index >= 15 is 0 Å². The van der Waals surface area contributed by atoms with Crippen LogP contribution in [0.3, 0.4) is 0 Å². The summed E-state index contributed by atoms with van der Waals surface area (Å²) in [5.74, 6) is -0.335. The molecule has 2 aromatic rings. The lowest BCUT2D eigenvalue weighted by molar-refractivity contribution is -0.885. The zero-order chi connectivity index (χ0) is 19.1. The fourth-order valence-electron chi connectivity index (χ4n) is 2.35. The molecule has 0 radical (unpaired) electrons. The van der Waals surface area contributed by atoms with Crippen molar-refractivity contribution in [3.05, 3.63) is 50.6 Å². The summed E-state index contributed by atoms with van der Waals surface area (Å²) < 4.78 is 0. The third-order valence-corrected chi connectivity index (χ3v) is 5.62. The fourth-order valence-corrected chi connectivity index (χ4v) is 3.55. The number of thiophene rings is 1. The van der Waals surface area contributed by atoms with Crippen molar-refractivity contribution in [3.63, 3.8) is 0 Å². The standard InChI is InChI=1S/C18H21Cl2N3O2S/c1-12(18(25)21-9-8-13-5-4-10-26-13)23(2)11-16(24)22-17-14(19)6-3-7-15(17)20/h3-7,10,12H,8-9,11H2,1-2H3,(H,21,25)(H,22,24)/p+1/t12-/m0/s1. The molecular weight excluding hydrogens is 393 g/mol. The van der Waals surface area contributed by atoms with E-state index in [-0.39, 0.29) is 24.4 Å². The minimum Gasteiger partial charge on any atom is -0.351 e. The Morgan fingerprint density at radius 1 is 1.19 bits per heavy atom. The molecule has 2 atom stereocenters. The smallest absolute Gasteiger partial charge is 0.279 e. The highest BCUT2D eigenvalue weighted by atomic mass is 35.5. The molecule has 0 spiro atoms. The van der Waals surface area contributed by atoms with Crippen LogP contribution in [0.2, 0.25) is 10.0 Å². The molecule has 0 aliphatic carbocycles. The molecule has 0 fully saturated rings. The Kier molecular flexibility index (Phi) is 7.90. The van der Waals surface area contributed by atoms with Gasteiger partial charge in [-0.15, -0.1) is 11.3 Å². The van der Waals surface area contributed by atoms with Crippen molar-refractivity contribution < 1.29 is 14.5 Å². The van der Waals surface area contributed by atoms with Gasteiger partial charge in [-0.05, 0) is 36.9 Å². The van der Waals surface area contributed by atoms with Crippen molar-refractivity contribution in [2.45, 2.75) is 19.4 Å². The maximum absolute atomic E-state index is 12.3. The molecule has 1 aromatic carbocycles. The van der Waals surface area contributed by atoms with Crippen molar-refractivity contribution in [3.8, 4) is 0 Å². The van der Waals surface area contributed by atoms with Crippen LogP contribution in [0.1, 0.15) is 11.8 Å². The average Bonchev–Trinajstić information content (AvgIpc) is 3.10. The normalized spacial score (nSPS) is 13.1. The van der Waals surface area contributed by atoms with Gasteiger partial charge in [-0.1, -0.05) is 35.3 Å². The minimum absolute atomic E-state index is 0.0809. The molecule has 1 unspecified atom stereocenters. The molecular formula is C18H22Cl2N3O2S+. The number of likely N-dealkylation sites (N-methyl/N-ethyl adjacent to an activating group) is 1. The third-order valence-electron chi connectivity index (χ3n) is 4.05. The van der Waals surface area contributed by atoms with E-state index in [4.69, 9.17) is 23.2 Å². The number of halogens is 2. The van der Waals surface area contributed by atoms with E-state index in [1.54, 1.807) is 43.5 Å². The fraction of sp³-hybridized carbons (Fsp3) is 0.333. The molecule has 2 rings (SSSR count). The largest absolute Gasteiger partial charge is 0.351 e. The summed E-state index contributed by atoms with van der Waals surface area (Å²) in [7, 11) is 1.80. The highest BCUT2D eigenvalue weighted by Crippen LogP contribution is 2.29. The maximum Gasteiger partial charge on any atom is 0.279 e. The summed E-state index contributed by atoms with van der Waals surface area (Å²) in [5, 5.41) is 8.40. The highest BCUT2D eigenvalue weighted by Gasteiger charge is 2.24. The van der Waals surface area contributed by atoms with Crippen molar-refractivity contribution in [1.82, 2.24) is 5.32 Å². The number of carbonyl (C=O) groups excluding carboxylic acids is 2. The second-order valence-electron chi connectivity index (χ2n) is 6.01. The number of nitrogens with one attached hydrogen (secondary N) is 3. The summed E-state index contributed by atoms with van der Waals surface area (Å²) >= 11 is 13.8. The van der Waals surface area contributed by atoms with Crippen LogP contribution in [0.25, 0.3) is 0 Å². The van der Waals surface area contributed by atoms with Gasteiger partial charge in [0.25, 0.3) is 11.8 Å². The van der Waals surface area contributed by atoms with E-state index in [1.165, 1.54) is 4.88 Å². The minimum atomic E-state index is -0.356. The first-order chi connectivity index (χ1) is 12.4. The molecule has 1 heterocycles. The topological polar surface area (TPSA) is 62.6 Å². The first kappa shape index (κ1) is 20.7. The summed E-state index contributed by atoms with van der Waals surface area (Å²) in [6.07, 6.45) is 0.806. The van der Waals surface area contributed by atoms with E-state index in [0.29, 0.717) is 22.3 Å². The van der Waals surface area contributed by atoms with Gasteiger partial charge in [0.15, 0.2) is 12.6 Å². The Morgan fingerprint density at radius 3 is 2.50 bits per heavy atom. The highest BCUT2D eigenvalue weighted by molar-refractivity contribution is 7.09. The van der Waals surface area contributed by atoms with Gasteiger partial charge >= 0.3 is 0 Å². The molecule has 140 valence electrons. The SMILES string of the molecule is C[C@@H](C(=O)NCCc1cccs1)[NH+](C)CC(=O)Nc1c(Cl)cccc1Cl. The molecule has 0 saturated carbocycles. The third kappa shape index (κ3) is 5.99. The predicted octanol–water partition coefficient (Wildman–Crippen LogP) is 2.26. The van der Waals surface area contributed by atoms with Crippen LogP contribution in [-0.4, -0.2) is 38.0 Å². The Balaban J connectivity index is 1.80. The lowest BCUT2D eigenvalue weighted by Gasteiger charge is -2.21. The zero-order valence-corrected chi connectivity index (χ0v) is 17.0. The number of carbonyl (C=O) groups is 2. The van der Waals surface area contributed by atoms with Gasteiger partial charge in [-0.2, -0.15) is 0 Å². The van der Waals surface area contributed by atoms with Crippen molar-refractivity contribution in [2.24, 2.45) is 0 Å². The number of rotatable bonds is 8. The quantitative estimate of drug-likeness (QED) is 0.620. The van der Waals surface area contributed by atoms with Gasteiger partial charge in [-0.3, -0.25) is 9.59 Å². The lowest BCUT2D eigenvalue weighted by Crippen LogP contribution is -3.15. The van der Waals surface area contributed by atoms with Crippen LogP contribution in [0.15, 0.2) is 35.7 Å². The van der Waals surface area contributed by atoms with Crippen LogP contribution in [0, 0.1) is 0 Å². The van der Waals surface area contributed by atoms with Crippen molar-refractivity contribution in [1.29, 1.82) is 0 Å². The second-order valence-corrected chi connectivity index (χ2v) is 7.86. The molecule has 0 saturated heterocycles. The molecule has 0 aliphatic rings. The number of quaternary nitrogens is 1.